The Hall–Kier alpha value is -1.71. The van der Waals surface area contributed by atoms with Gasteiger partial charge in [0, 0.05) is 31.7 Å². The van der Waals surface area contributed by atoms with Crippen molar-refractivity contribution in [1.82, 2.24) is 9.88 Å². The Morgan fingerprint density at radius 1 is 1.14 bits per heavy atom. The number of rotatable bonds is 3. The fourth-order valence-corrected chi connectivity index (χ4v) is 3.85. The monoisotopic (exact) mass is 294 g/mol. The van der Waals surface area contributed by atoms with Crippen LogP contribution in [0.2, 0.25) is 0 Å². The summed E-state index contributed by atoms with van der Waals surface area (Å²) in [4.78, 5) is 6.92. The first-order chi connectivity index (χ1) is 10.8. The molecule has 2 atom stereocenters. The van der Waals surface area contributed by atoms with Crippen LogP contribution < -0.4 is 0 Å². The maximum atomic E-state index is 6.27. The molecular formula is C19H22N2O. The fraction of sp³-hybridized carbons (Fsp3) is 0.421. The van der Waals surface area contributed by atoms with Gasteiger partial charge in [-0.15, -0.1) is 0 Å². The summed E-state index contributed by atoms with van der Waals surface area (Å²) in [6, 6.07) is 16.9. The van der Waals surface area contributed by atoms with E-state index < -0.39 is 0 Å². The van der Waals surface area contributed by atoms with Gasteiger partial charge in [-0.2, -0.15) is 0 Å². The topological polar surface area (TPSA) is 25.4 Å². The van der Waals surface area contributed by atoms with Crippen molar-refractivity contribution in [3.63, 3.8) is 0 Å². The van der Waals surface area contributed by atoms with Crippen LogP contribution in [0.5, 0.6) is 0 Å². The van der Waals surface area contributed by atoms with Gasteiger partial charge < -0.3 is 4.74 Å². The van der Waals surface area contributed by atoms with Gasteiger partial charge in [0.15, 0.2) is 0 Å². The minimum Gasteiger partial charge on any atom is -0.373 e. The molecule has 1 aromatic heterocycles. The minimum absolute atomic E-state index is 0.0648. The summed E-state index contributed by atoms with van der Waals surface area (Å²) in [5, 5.41) is 0. The SMILES string of the molecule is c1ccc(C2COC3(CCN(Cc4ccccn4)C3)C2)cc1. The summed E-state index contributed by atoms with van der Waals surface area (Å²) in [6.45, 7) is 3.94. The summed E-state index contributed by atoms with van der Waals surface area (Å²) in [7, 11) is 0. The van der Waals surface area contributed by atoms with Crippen molar-refractivity contribution in [2.45, 2.75) is 30.9 Å². The van der Waals surface area contributed by atoms with Crippen LogP contribution >= 0.6 is 0 Å². The van der Waals surface area contributed by atoms with E-state index in [1.54, 1.807) is 0 Å². The number of hydrogen-bond donors (Lipinski definition) is 0. The number of pyridine rings is 1. The molecule has 0 radical (unpaired) electrons. The predicted molar refractivity (Wildman–Crippen MR) is 86.6 cm³/mol. The summed E-state index contributed by atoms with van der Waals surface area (Å²) in [6.07, 6.45) is 4.16. The standard InChI is InChI=1S/C19H22N2O/c1-2-6-16(7-3-1)17-12-19(22-14-17)9-11-21(15-19)13-18-8-4-5-10-20-18/h1-8,10,17H,9,11-15H2. The highest BCUT2D eigenvalue weighted by molar-refractivity contribution is 5.22. The van der Waals surface area contributed by atoms with E-state index in [4.69, 9.17) is 4.74 Å². The molecule has 0 bridgehead atoms. The van der Waals surface area contributed by atoms with Crippen LogP contribution in [0.25, 0.3) is 0 Å². The van der Waals surface area contributed by atoms with E-state index in [1.165, 1.54) is 5.56 Å². The first-order valence-electron chi connectivity index (χ1n) is 8.14. The van der Waals surface area contributed by atoms with Crippen molar-refractivity contribution in [2.24, 2.45) is 0 Å². The highest BCUT2D eigenvalue weighted by Crippen LogP contribution is 2.42. The van der Waals surface area contributed by atoms with Crippen molar-refractivity contribution in [2.75, 3.05) is 19.7 Å². The molecule has 2 fully saturated rings. The first-order valence-corrected chi connectivity index (χ1v) is 8.14. The predicted octanol–water partition coefficient (Wildman–Crippen LogP) is 3.23. The molecule has 2 aliphatic rings. The van der Waals surface area contributed by atoms with Crippen LogP contribution in [0.3, 0.4) is 0 Å². The Morgan fingerprint density at radius 2 is 2.00 bits per heavy atom. The Labute approximate surface area is 131 Å². The molecule has 1 spiro atoms. The van der Waals surface area contributed by atoms with E-state index in [0.717, 1.165) is 44.8 Å². The van der Waals surface area contributed by atoms with E-state index in [1.807, 2.05) is 12.3 Å². The van der Waals surface area contributed by atoms with Crippen molar-refractivity contribution < 1.29 is 4.74 Å². The van der Waals surface area contributed by atoms with Crippen molar-refractivity contribution in [1.29, 1.82) is 0 Å². The molecule has 2 aromatic rings. The first kappa shape index (κ1) is 13.9. The summed E-state index contributed by atoms with van der Waals surface area (Å²) >= 11 is 0. The Balaban J connectivity index is 1.40. The second-order valence-electron chi connectivity index (χ2n) is 6.59. The Kier molecular flexibility index (Phi) is 3.68. The van der Waals surface area contributed by atoms with Gasteiger partial charge in [-0.05, 0) is 30.5 Å². The van der Waals surface area contributed by atoms with E-state index >= 15 is 0 Å². The molecule has 22 heavy (non-hydrogen) atoms. The van der Waals surface area contributed by atoms with Crippen LogP contribution in [0, 0.1) is 0 Å². The molecule has 3 heterocycles. The maximum absolute atomic E-state index is 6.27. The molecule has 0 amide bonds. The number of aromatic nitrogens is 1. The second-order valence-corrected chi connectivity index (χ2v) is 6.59. The highest BCUT2D eigenvalue weighted by Gasteiger charge is 2.45. The Bertz CT molecular complexity index is 616. The largest absolute Gasteiger partial charge is 0.373 e. The van der Waals surface area contributed by atoms with Gasteiger partial charge in [0.1, 0.15) is 0 Å². The van der Waals surface area contributed by atoms with Crippen LogP contribution in [-0.2, 0) is 11.3 Å². The number of nitrogens with zero attached hydrogens (tertiary/aromatic N) is 2. The highest BCUT2D eigenvalue weighted by atomic mass is 16.5. The summed E-state index contributed by atoms with van der Waals surface area (Å²) < 4.78 is 6.27. The van der Waals surface area contributed by atoms with Crippen LogP contribution in [0.15, 0.2) is 54.7 Å². The zero-order chi connectivity index (χ0) is 14.8. The van der Waals surface area contributed by atoms with Crippen LogP contribution in [-0.4, -0.2) is 35.2 Å². The molecule has 1 aromatic carbocycles. The van der Waals surface area contributed by atoms with Gasteiger partial charge in [0.05, 0.1) is 17.9 Å². The fourth-order valence-electron chi connectivity index (χ4n) is 3.85. The van der Waals surface area contributed by atoms with Gasteiger partial charge in [-0.1, -0.05) is 36.4 Å². The lowest BCUT2D eigenvalue weighted by Gasteiger charge is -2.23. The van der Waals surface area contributed by atoms with E-state index in [9.17, 15) is 0 Å². The van der Waals surface area contributed by atoms with E-state index in [0.29, 0.717) is 5.92 Å². The van der Waals surface area contributed by atoms with Crippen LogP contribution in [0.1, 0.15) is 30.0 Å². The minimum atomic E-state index is 0.0648. The van der Waals surface area contributed by atoms with Crippen LogP contribution in [0.4, 0.5) is 0 Å². The molecule has 114 valence electrons. The Morgan fingerprint density at radius 3 is 2.82 bits per heavy atom. The zero-order valence-electron chi connectivity index (χ0n) is 12.8. The second kappa shape index (κ2) is 5.82. The van der Waals surface area contributed by atoms with Gasteiger partial charge in [-0.3, -0.25) is 9.88 Å². The summed E-state index contributed by atoms with van der Waals surface area (Å²) in [5.74, 6) is 0.552. The maximum Gasteiger partial charge on any atom is 0.0828 e. The molecule has 0 N–H and O–H groups in total. The number of benzene rings is 1. The molecule has 4 rings (SSSR count). The molecule has 2 saturated heterocycles. The molecule has 3 nitrogen and oxygen atoms in total. The number of ether oxygens (including phenoxy) is 1. The van der Waals surface area contributed by atoms with Gasteiger partial charge in [-0.25, -0.2) is 0 Å². The normalized spacial score (nSPS) is 28.5. The van der Waals surface area contributed by atoms with Crippen molar-refractivity contribution >= 4 is 0 Å². The lowest BCUT2D eigenvalue weighted by Crippen LogP contribution is -2.32. The average molecular weight is 294 g/mol. The van der Waals surface area contributed by atoms with Crippen molar-refractivity contribution in [3.05, 3.63) is 66.0 Å². The molecule has 3 heteroatoms. The molecular weight excluding hydrogens is 272 g/mol. The smallest absolute Gasteiger partial charge is 0.0828 e. The van der Waals surface area contributed by atoms with Gasteiger partial charge >= 0.3 is 0 Å². The molecule has 2 unspecified atom stereocenters. The lowest BCUT2D eigenvalue weighted by atomic mass is 9.89. The molecule has 0 saturated carbocycles. The molecule has 2 aliphatic heterocycles. The van der Waals surface area contributed by atoms with E-state index in [2.05, 4.69) is 52.3 Å². The lowest BCUT2D eigenvalue weighted by molar-refractivity contribution is 0.0117. The third-order valence-electron chi connectivity index (χ3n) is 4.99. The average Bonchev–Trinajstić information content (AvgIpc) is 3.17. The van der Waals surface area contributed by atoms with Gasteiger partial charge in [0.2, 0.25) is 0 Å². The summed E-state index contributed by atoms with van der Waals surface area (Å²) in [5.41, 5.74) is 2.63. The number of likely N-dealkylation sites (tertiary alicyclic amines) is 1. The number of hydrogen-bond acceptors (Lipinski definition) is 3. The molecule has 0 aliphatic carbocycles. The zero-order valence-corrected chi connectivity index (χ0v) is 12.8. The third-order valence-corrected chi connectivity index (χ3v) is 4.99. The van der Waals surface area contributed by atoms with E-state index in [-0.39, 0.29) is 5.60 Å². The van der Waals surface area contributed by atoms with Gasteiger partial charge in [0.25, 0.3) is 0 Å². The van der Waals surface area contributed by atoms with Crippen molar-refractivity contribution in [3.8, 4) is 0 Å². The quantitative estimate of drug-likeness (QED) is 0.869. The third kappa shape index (κ3) is 2.79.